The van der Waals surface area contributed by atoms with Crippen LogP contribution in [0.3, 0.4) is 0 Å². The van der Waals surface area contributed by atoms with Gasteiger partial charge in [-0.2, -0.15) is 5.26 Å². The Hall–Kier alpha value is -4.03. The molecule has 0 aromatic heterocycles. The Morgan fingerprint density at radius 2 is 1.97 bits per heavy atom. The lowest BCUT2D eigenvalue weighted by Crippen LogP contribution is -2.14. The number of fused-ring (bicyclic) bond motifs is 1. The van der Waals surface area contributed by atoms with Gasteiger partial charge in [-0.15, -0.1) is 0 Å². The standard InChI is InChI=1S/C26H20BrFN2O5/c1-2-32-24-12-17(9-18(13-29)26(31)30-21-6-4-3-5-20(21)28)10-19(27)25(24)33-14-16-7-8-22-23(11-16)35-15-34-22/h3-12H,2,14-15H2,1H3,(H,30,31)/b18-9-. The number of para-hydroxylation sites is 1. The molecule has 0 aliphatic carbocycles. The van der Waals surface area contributed by atoms with Crippen LogP contribution in [-0.2, 0) is 11.4 Å². The average molecular weight is 539 g/mol. The first-order chi connectivity index (χ1) is 17.0. The molecule has 1 heterocycles. The molecule has 0 unspecified atom stereocenters. The zero-order valence-electron chi connectivity index (χ0n) is 18.6. The molecule has 0 bridgehead atoms. The SMILES string of the molecule is CCOc1cc(/C=C(/C#N)C(=O)Nc2ccccc2F)cc(Br)c1OCc1ccc2c(c1)OCO2. The summed E-state index contributed by atoms with van der Waals surface area (Å²) >= 11 is 3.49. The van der Waals surface area contributed by atoms with Crippen molar-refractivity contribution in [3.63, 3.8) is 0 Å². The number of ether oxygens (including phenoxy) is 4. The van der Waals surface area contributed by atoms with Crippen molar-refractivity contribution in [2.24, 2.45) is 0 Å². The third-order valence-electron chi connectivity index (χ3n) is 4.95. The normalized spacial score (nSPS) is 12.1. The molecule has 0 fully saturated rings. The van der Waals surface area contributed by atoms with Crippen LogP contribution in [0.5, 0.6) is 23.0 Å². The van der Waals surface area contributed by atoms with Crippen LogP contribution in [0.2, 0.25) is 0 Å². The second-order valence-corrected chi connectivity index (χ2v) is 8.20. The highest BCUT2D eigenvalue weighted by Gasteiger charge is 2.17. The molecule has 1 aliphatic rings. The first kappa shape index (κ1) is 24.1. The first-order valence-corrected chi connectivity index (χ1v) is 11.4. The van der Waals surface area contributed by atoms with Crippen LogP contribution in [0.15, 0.2) is 64.6 Å². The Bertz CT molecular complexity index is 1340. The Balaban J connectivity index is 1.55. The monoisotopic (exact) mass is 538 g/mol. The molecule has 3 aromatic rings. The molecule has 35 heavy (non-hydrogen) atoms. The number of nitrogens with zero attached hydrogens (tertiary/aromatic N) is 1. The molecule has 7 nitrogen and oxygen atoms in total. The lowest BCUT2D eigenvalue weighted by atomic mass is 10.1. The highest BCUT2D eigenvalue weighted by Crippen LogP contribution is 2.39. The van der Waals surface area contributed by atoms with Crippen LogP contribution in [0.1, 0.15) is 18.1 Å². The van der Waals surface area contributed by atoms with Gasteiger partial charge in [-0.1, -0.05) is 18.2 Å². The summed E-state index contributed by atoms with van der Waals surface area (Å²) in [6, 6.07) is 16.5. The minimum absolute atomic E-state index is 0.0119. The van der Waals surface area contributed by atoms with Crippen LogP contribution in [0.4, 0.5) is 10.1 Å². The van der Waals surface area contributed by atoms with Crippen molar-refractivity contribution >= 4 is 33.6 Å². The zero-order valence-corrected chi connectivity index (χ0v) is 20.2. The van der Waals surface area contributed by atoms with Gasteiger partial charge >= 0.3 is 0 Å². The molecule has 9 heteroatoms. The van der Waals surface area contributed by atoms with E-state index in [-0.39, 0.29) is 24.7 Å². The number of amides is 1. The minimum Gasteiger partial charge on any atom is -0.490 e. The molecule has 0 spiro atoms. The first-order valence-electron chi connectivity index (χ1n) is 10.6. The number of rotatable bonds is 8. The lowest BCUT2D eigenvalue weighted by molar-refractivity contribution is -0.112. The number of hydrogen-bond acceptors (Lipinski definition) is 6. The van der Waals surface area contributed by atoms with E-state index in [4.69, 9.17) is 18.9 Å². The number of hydrogen-bond donors (Lipinski definition) is 1. The van der Waals surface area contributed by atoms with E-state index in [0.29, 0.717) is 39.6 Å². The van der Waals surface area contributed by atoms with E-state index in [2.05, 4.69) is 21.2 Å². The second kappa shape index (κ2) is 10.9. The third kappa shape index (κ3) is 5.73. The summed E-state index contributed by atoms with van der Waals surface area (Å²) in [5.41, 5.74) is 1.19. The van der Waals surface area contributed by atoms with Gasteiger partial charge in [0, 0.05) is 0 Å². The van der Waals surface area contributed by atoms with E-state index in [1.54, 1.807) is 18.2 Å². The fourth-order valence-corrected chi connectivity index (χ4v) is 3.90. The number of benzene rings is 3. The quantitative estimate of drug-likeness (QED) is 0.286. The average Bonchev–Trinajstić information content (AvgIpc) is 3.31. The lowest BCUT2D eigenvalue weighted by Gasteiger charge is -2.15. The second-order valence-electron chi connectivity index (χ2n) is 7.34. The van der Waals surface area contributed by atoms with Crippen LogP contribution in [0.25, 0.3) is 6.08 Å². The highest BCUT2D eigenvalue weighted by molar-refractivity contribution is 9.10. The summed E-state index contributed by atoms with van der Waals surface area (Å²) in [7, 11) is 0. The molecule has 4 rings (SSSR count). The Morgan fingerprint density at radius 1 is 1.17 bits per heavy atom. The zero-order chi connectivity index (χ0) is 24.8. The van der Waals surface area contributed by atoms with E-state index >= 15 is 0 Å². The molecule has 1 N–H and O–H groups in total. The largest absolute Gasteiger partial charge is 0.490 e. The fraction of sp³-hybridized carbons (Fsp3) is 0.154. The van der Waals surface area contributed by atoms with Gasteiger partial charge in [0.15, 0.2) is 23.0 Å². The van der Waals surface area contributed by atoms with E-state index in [9.17, 15) is 14.4 Å². The topological polar surface area (TPSA) is 89.8 Å². The van der Waals surface area contributed by atoms with Gasteiger partial charge in [-0.3, -0.25) is 4.79 Å². The van der Waals surface area contributed by atoms with Gasteiger partial charge in [0.25, 0.3) is 5.91 Å². The smallest absolute Gasteiger partial charge is 0.266 e. The van der Waals surface area contributed by atoms with Crippen molar-refractivity contribution in [2.75, 3.05) is 18.7 Å². The van der Waals surface area contributed by atoms with E-state index in [0.717, 1.165) is 5.56 Å². The van der Waals surface area contributed by atoms with Crippen molar-refractivity contribution in [1.82, 2.24) is 0 Å². The van der Waals surface area contributed by atoms with Crippen LogP contribution in [0, 0.1) is 17.1 Å². The number of carbonyl (C=O) groups is 1. The number of halogens is 2. The predicted octanol–water partition coefficient (Wildman–Crippen LogP) is 5.84. The number of nitrogens with one attached hydrogen (secondary N) is 1. The summed E-state index contributed by atoms with van der Waals surface area (Å²) in [5, 5.41) is 11.9. The Morgan fingerprint density at radius 3 is 2.74 bits per heavy atom. The number of carbonyl (C=O) groups excluding carboxylic acids is 1. The van der Waals surface area contributed by atoms with Crippen LogP contribution in [-0.4, -0.2) is 19.3 Å². The molecular weight excluding hydrogens is 519 g/mol. The van der Waals surface area contributed by atoms with E-state index < -0.39 is 11.7 Å². The molecule has 3 aromatic carbocycles. The van der Waals surface area contributed by atoms with Crippen molar-refractivity contribution in [3.05, 3.63) is 81.6 Å². The maximum atomic E-state index is 13.9. The summed E-state index contributed by atoms with van der Waals surface area (Å²) in [6.45, 7) is 2.65. The van der Waals surface area contributed by atoms with Gasteiger partial charge in [0.2, 0.25) is 6.79 Å². The molecule has 178 valence electrons. The van der Waals surface area contributed by atoms with Gasteiger partial charge in [-0.05, 0) is 76.5 Å². The van der Waals surface area contributed by atoms with Crippen molar-refractivity contribution < 1.29 is 28.1 Å². The maximum absolute atomic E-state index is 13.9. The van der Waals surface area contributed by atoms with Gasteiger partial charge in [-0.25, -0.2) is 4.39 Å². The number of anilines is 1. The summed E-state index contributed by atoms with van der Waals surface area (Å²) < 4.78 is 36.9. The summed E-state index contributed by atoms with van der Waals surface area (Å²) in [4.78, 5) is 12.5. The summed E-state index contributed by atoms with van der Waals surface area (Å²) in [5.74, 6) is 0.928. The minimum atomic E-state index is -0.727. The molecular formula is C26H20BrFN2O5. The molecule has 0 radical (unpaired) electrons. The molecule has 0 saturated heterocycles. The van der Waals surface area contributed by atoms with E-state index in [1.165, 1.54) is 24.3 Å². The number of nitriles is 1. The van der Waals surface area contributed by atoms with E-state index in [1.807, 2.05) is 31.2 Å². The summed E-state index contributed by atoms with van der Waals surface area (Å²) in [6.07, 6.45) is 1.39. The molecule has 1 aliphatic heterocycles. The highest BCUT2D eigenvalue weighted by atomic mass is 79.9. The van der Waals surface area contributed by atoms with Crippen LogP contribution >= 0.6 is 15.9 Å². The third-order valence-corrected chi connectivity index (χ3v) is 5.54. The van der Waals surface area contributed by atoms with Crippen molar-refractivity contribution in [2.45, 2.75) is 13.5 Å². The predicted molar refractivity (Wildman–Crippen MR) is 131 cm³/mol. The maximum Gasteiger partial charge on any atom is 0.266 e. The Labute approximate surface area is 209 Å². The Kier molecular flexibility index (Phi) is 7.53. The van der Waals surface area contributed by atoms with Crippen molar-refractivity contribution in [1.29, 1.82) is 5.26 Å². The fourth-order valence-electron chi connectivity index (χ4n) is 3.33. The van der Waals surface area contributed by atoms with Crippen LogP contribution < -0.4 is 24.3 Å². The molecule has 0 atom stereocenters. The molecule has 0 saturated carbocycles. The van der Waals surface area contributed by atoms with Gasteiger partial charge in [0.05, 0.1) is 16.8 Å². The van der Waals surface area contributed by atoms with Gasteiger partial charge < -0.3 is 24.3 Å². The van der Waals surface area contributed by atoms with Gasteiger partial charge in [0.1, 0.15) is 24.1 Å². The van der Waals surface area contributed by atoms with Crippen molar-refractivity contribution in [3.8, 4) is 29.1 Å². The molecule has 1 amide bonds.